The number of rotatable bonds is 4. The lowest BCUT2D eigenvalue weighted by Crippen LogP contribution is -2.37. The average molecular weight is 361 g/mol. The Morgan fingerprint density at radius 3 is 2.78 bits per heavy atom. The highest BCUT2D eigenvalue weighted by molar-refractivity contribution is 5.94. The van der Waals surface area contributed by atoms with E-state index in [0.717, 1.165) is 62.0 Å². The SMILES string of the molecule is CC1CCN(C(=O)c2ccc(NCC3C4Cc5ccccc5C34)nc2)CC1. The van der Waals surface area contributed by atoms with Crippen molar-refractivity contribution in [3.63, 3.8) is 0 Å². The van der Waals surface area contributed by atoms with Crippen LogP contribution in [0.1, 0.15) is 47.2 Å². The number of aromatic nitrogens is 1. The van der Waals surface area contributed by atoms with Crippen LogP contribution >= 0.6 is 0 Å². The van der Waals surface area contributed by atoms with Crippen LogP contribution in [0.5, 0.6) is 0 Å². The normalized spacial score (nSPS) is 26.4. The van der Waals surface area contributed by atoms with Crippen molar-refractivity contribution in [3.05, 3.63) is 59.3 Å². The fourth-order valence-corrected chi connectivity index (χ4v) is 5.00. The predicted octanol–water partition coefficient (Wildman–Crippen LogP) is 3.95. The molecule has 0 radical (unpaired) electrons. The van der Waals surface area contributed by atoms with Gasteiger partial charge in [-0.15, -0.1) is 0 Å². The van der Waals surface area contributed by atoms with Crippen LogP contribution in [0.25, 0.3) is 0 Å². The lowest BCUT2D eigenvalue weighted by atomic mass is 9.99. The van der Waals surface area contributed by atoms with Crippen LogP contribution in [0, 0.1) is 17.8 Å². The number of nitrogens with zero attached hydrogens (tertiary/aromatic N) is 2. The zero-order chi connectivity index (χ0) is 18.4. The number of nitrogens with one attached hydrogen (secondary N) is 1. The van der Waals surface area contributed by atoms with E-state index in [0.29, 0.717) is 5.56 Å². The van der Waals surface area contributed by atoms with E-state index in [4.69, 9.17) is 0 Å². The summed E-state index contributed by atoms with van der Waals surface area (Å²) in [6, 6.07) is 12.7. The maximum atomic E-state index is 12.6. The molecular weight excluding hydrogens is 334 g/mol. The van der Waals surface area contributed by atoms with Crippen molar-refractivity contribution in [1.82, 2.24) is 9.88 Å². The number of amides is 1. The third kappa shape index (κ3) is 3.11. The molecule has 1 aliphatic heterocycles. The lowest BCUT2D eigenvalue weighted by molar-refractivity contribution is 0.0697. The molecule has 2 heterocycles. The number of benzene rings is 1. The van der Waals surface area contributed by atoms with Crippen molar-refractivity contribution >= 4 is 11.7 Å². The highest BCUT2D eigenvalue weighted by Crippen LogP contribution is 2.61. The largest absolute Gasteiger partial charge is 0.370 e. The van der Waals surface area contributed by atoms with E-state index in [2.05, 4.69) is 41.5 Å². The molecule has 1 aromatic heterocycles. The zero-order valence-corrected chi connectivity index (χ0v) is 15.9. The quantitative estimate of drug-likeness (QED) is 0.897. The van der Waals surface area contributed by atoms with Gasteiger partial charge in [0.05, 0.1) is 5.56 Å². The van der Waals surface area contributed by atoms with Crippen molar-refractivity contribution in [2.75, 3.05) is 25.0 Å². The van der Waals surface area contributed by atoms with E-state index in [1.165, 1.54) is 12.0 Å². The van der Waals surface area contributed by atoms with Gasteiger partial charge in [0.25, 0.3) is 5.91 Å². The van der Waals surface area contributed by atoms with Crippen molar-refractivity contribution in [2.45, 2.75) is 32.1 Å². The Bertz CT molecular complexity index is 839. The molecule has 3 aliphatic rings. The van der Waals surface area contributed by atoms with Crippen molar-refractivity contribution in [2.24, 2.45) is 17.8 Å². The van der Waals surface area contributed by atoms with Gasteiger partial charge in [-0.05, 0) is 66.2 Å². The first kappa shape index (κ1) is 16.8. The van der Waals surface area contributed by atoms with Crippen molar-refractivity contribution in [1.29, 1.82) is 0 Å². The van der Waals surface area contributed by atoms with Gasteiger partial charge in [-0.2, -0.15) is 0 Å². The molecular formula is C23H27N3O. The molecule has 1 aromatic carbocycles. The molecule has 140 valence electrons. The highest BCUT2D eigenvalue weighted by Gasteiger charge is 2.54. The van der Waals surface area contributed by atoms with Crippen molar-refractivity contribution in [3.8, 4) is 0 Å². The van der Waals surface area contributed by atoms with Crippen LogP contribution < -0.4 is 5.32 Å². The van der Waals surface area contributed by atoms with E-state index in [9.17, 15) is 4.79 Å². The number of carbonyl (C=O) groups is 1. The van der Waals surface area contributed by atoms with Gasteiger partial charge in [-0.3, -0.25) is 4.79 Å². The number of hydrogen-bond donors (Lipinski definition) is 1. The van der Waals surface area contributed by atoms with Gasteiger partial charge in [-0.1, -0.05) is 31.2 Å². The summed E-state index contributed by atoms with van der Waals surface area (Å²) in [7, 11) is 0. The average Bonchev–Trinajstić information content (AvgIpc) is 3.24. The summed E-state index contributed by atoms with van der Waals surface area (Å²) < 4.78 is 0. The van der Waals surface area contributed by atoms with E-state index in [1.54, 1.807) is 11.8 Å². The molecule has 2 aromatic rings. The van der Waals surface area contributed by atoms with E-state index < -0.39 is 0 Å². The minimum atomic E-state index is 0.120. The molecule has 2 aliphatic carbocycles. The van der Waals surface area contributed by atoms with Crippen LogP contribution in [0.2, 0.25) is 0 Å². The Labute approximate surface area is 161 Å². The van der Waals surface area contributed by atoms with Crippen LogP contribution in [0.4, 0.5) is 5.82 Å². The topological polar surface area (TPSA) is 45.2 Å². The van der Waals surface area contributed by atoms with Crippen LogP contribution in [0.3, 0.4) is 0 Å². The van der Waals surface area contributed by atoms with Gasteiger partial charge in [0.2, 0.25) is 0 Å². The van der Waals surface area contributed by atoms with Crippen molar-refractivity contribution < 1.29 is 4.79 Å². The molecule has 1 saturated carbocycles. The van der Waals surface area contributed by atoms with Crippen LogP contribution in [0.15, 0.2) is 42.6 Å². The van der Waals surface area contributed by atoms with Crippen LogP contribution in [-0.2, 0) is 6.42 Å². The number of pyridine rings is 1. The smallest absolute Gasteiger partial charge is 0.255 e. The molecule has 5 rings (SSSR count). The minimum absolute atomic E-state index is 0.120. The maximum absolute atomic E-state index is 12.6. The molecule has 3 unspecified atom stereocenters. The summed E-state index contributed by atoms with van der Waals surface area (Å²) in [6.07, 6.45) is 5.16. The Morgan fingerprint density at radius 1 is 1.19 bits per heavy atom. The van der Waals surface area contributed by atoms with Gasteiger partial charge in [0, 0.05) is 25.8 Å². The molecule has 1 saturated heterocycles. The first-order valence-corrected chi connectivity index (χ1v) is 10.3. The molecule has 1 N–H and O–H groups in total. The predicted molar refractivity (Wildman–Crippen MR) is 107 cm³/mol. The second-order valence-electron chi connectivity index (χ2n) is 8.54. The zero-order valence-electron chi connectivity index (χ0n) is 15.9. The monoisotopic (exact) mass is 361 g/mol. The molecule has 4 heteroatoms. The standard InChI is InChI=1S/C23H27N3O/c1-15-8-10-26(11-9-15)23(27)17-6-7-21(24-13-17)25-14-20-19-12-16-4-2-3-5-18(16)22(19)20/h2-7,13,15,19-20,22H,8-12,14H2,1H3,(H,24,25). The second-order valence-corrected chi connectivity index (χ2v) is 8.54. The van der Waals surface area contributed by atoms with E-state index >= 15 is 0 Å². The number of likely N-dealkylation sites (tertiary alicyclic amines) is 1. The van der Waals surface area contributed by atoms with Gasteiger partial charge >= 0.3 is 0 Å². The molecule has 1 amide bonds. The second kappa shape index (κ2) is 6.66. The molecule has 0 bridgehead atoms. The Morgan fingerprint density at radius 2 is 2.00 bits per heavy atom. The van der Waals surface area contributed by atoms with Gasteiger partial charge in [0.15, 0.2) is 0 Å². The first-order chi connectivity index (χ1) is 13.2. The summed E-state index contributed by atoms with van der Waals surface area (Å²) in [5.41, 5.74) is 3.79. The van der Waals surface area contributed by atoms with Gasteiger partial charge < -0.3 is 10.2 Å². The summed E-state index contributed by atoms with van der Waals surface area (Å²) in [6.45, 7) is 4.96. The number of anilines is 1. The fourth-order valence-electron chi connectivity index (χ4n) is 5.00. The summed E-state index contributed by atoms with van der Waals surface area (Å²) in [4.78, 5) is 19.1. The Hall–Kier alpha value is -2.36. The Balaban J connectivity index is 1.16. The number of fused-ring (bicyclic) bond motifs is 3. The lowest BCUT2D eigenvalue weighted by Gasteiger charge is -2.30. The maximum Gasteiger partial charge on any atom is 0.255 e. The number of carbonyl (C=O) groups excluding carboxylic acids is 1. The van der Waals surface area contributed by atoms with Gasteiger partial charge in [0.1, 0.15) is 5.82 Å². The summed E-state index contributed by atoms with van der Waals surface area (Å²) in [5.74, 6) is 3.98. The summed E-state index contributed by atoms with van der Waals surface area (Å²) >= 11 is 0. The molecule has 3 atom stereocenters. The first-order valence-electron chi connectivity index (χ1n) is 10.3. The highest BCUT2D eigenvalue weighted by atomic mass is 16.2. The minimum Gasteiger partial charge on any atom is -0.370 e. The van der Waals surface area contributed by atoms with Gasteiger partial charge in [-0.25, -0.2) is 4.98 Å². The third-order valence-corrected chi connectivity index (χ3v) is 6.80. The molecule has 27 heavy (non-hydrogen) atoms. The molecule has 0 spiro atoms. The molecule has 4 nitrogen and oxygen atoms in total. The van der Waals surface area contributed by atoms with Crippen LogP contribution in [-0.4, -0.2) is 35.4 Å². The Kier molecular flexibility index (Phi) is 4.14. The number of hydrogen-bond acceptors (Lipinski definition) is 3. The van der Waals surface area contributed by atoms with E-state index in [-0.39, 0.29) is 5.91 Å². The summed E-state index contributed by atoms with van der Waals surface area (Å²) in [5, 5.41) is 3.48. The fraction of sp³-hybridized carbons (Fsp3) is 0.478. The third-order valence-electron chi connectivity index (χ3n) is 6.80. The van der Waals surface area contributed by atoms with E-state index in [1.807, 2.05) is 17.0 Å². The number of piperidine rings is 1. The molecule has 2 fully saturated rings.